The van der Waals surface area contributed by atoms with Crippen LogP contribution in [0.3, 0.4) is 0 Å². The molecule has 0 spiro atoms. The Morgan fingerprint density at radius 3 is 2.82 bits per heavy atom. The van der Waals surface area contributed by atoms with Gasteiger partial charge in [0, 0.05) is 25.3 Å². The van der Waals surface area contributed by atoms with Gasteiger partial charge in [0.2, 0.25) is 0 Å². The molecule has 8 heteroatoms. The van der Waals surface area contributed by atoms with Crippen LogP contribution in [0, 0.1) is 0 Å². The molecule has 7 nitrogen and oxygen atoms in total. The van der Waals surface area contributed by atoms with Gasteiger partial charge in [0.25, 0.3) is 0 Å². The highest BCUT2D eigenvalue weighted by molar-refractivity contribution is 7.90. The topological polar surface area (TPSA) is 81.3 Å². The van der Waals surface area contributed by atoms with E-state index in [1.807, 2.05) is 19.9 Å². The fourth-order valence-electron chi connectivity index (χ4n) is 4.82. The van der Waals surface area contributed by atoms with E-state index in [1.54, 1.807) is 6.07 Å². The molecule has 0 radical (unpaired) electrons. The quantitative estimate of drug-likeness (QED) is 0.773. The van der Waals surface area contributed by atoms with Gasteiger partial charge in [-0.15, -0.1) is 0 Å². The number of H-pyrrole nitrogens is 1. The molecule has 4 heterocycles. The summed E-state index contributed by atoms with van der Waals surface area (Å²) in [7, 11) is -3.58. The Morgan fingerprint density at radius 1 is 1.21 bits per heavy atom. The number of nitrogens with one attached hydrogen (secondary N) is 2. The Morgan fingerprint density at radius 2 is 2.04 bits per heavy atom. The fraction of sp³-hybridized carbons (Fsp3) is 0.650. The third-order valence-electron chi connectivity index (χ3n) is 6.34. The number of aromatic amines is 1. The van der Waals surface area contributed by atoms with Crippen molar-refractivity contribution in [3.05, 3.63) is 23.9 Å². The standard InChI is InChI=1S/C20H31N5O2S/c1-3-25(4-2)28(26,27)23-19-9-8-18-20(22-19)17(14-21-18)15-10-12-24-11-6-5-7-16(24)13-15/h8-9,14-16,21H,3-7,10-13H2,1-2H3,(H,22,23). The SMILES string of the molecule is CCN(CC)S(=O)(=O)Nc1ccc2[nH]cc(C3CCN4CCCCC4C3)c2n1. The normalized spacial score (nSPS) is 23.8. The van der Waals surface area contributed by atoms with Gasteiger partial charge in [-0.25, -0.2) is 4.98 Å². The Kier molecular flexibility index (Phi) is 5.62. The van der Waals surface area contributed by atoms with Crippen molar-refractivity contribution in [3.8, 4) is 0 Å². The first-order chi connectivity index (χ1) is 13.5. The van der Waals surface area contributed by atoms with E-state index in [-0.39, 0.29) is 0 Å². The zero-order valence-corrected chi connectivity index (χ0v) is 17.6. The lowest BCUT2D eigenvalue weighted by atomic mass is 9.82. The van der Waals surface area contributed by atoms with Crippen LogP contribution in [0.25, 0.3) is 11.0 Å². The van der Waals surface area contributed by atoms with Crippen molar-refractivity contribution in [1.82, 2.24) is 19.2 Å². The summed E-state index contributed by atoms with van der Waals surface area (Å²) in [5.74, 6) is 0.866. The maximum Gasteiger partial charge on any atom is 0.302 e. The Balaban J connectivity index is 1.58. The van der Waals surface area contributed by atoms with Crippen LogP contribution >= 0.6 is 0 Å². The number of pyridine rings is 1. The maximum absolute atomic E-state index is 12.5. The highest BCUT2D eigenvalue weighted by Crippen LogP contribution is 2.38. The molecule has 0 amide bonds. The van der Waals surface area contributed by atoms with Crippen LogP contribution in [-0.4, -0.2) is 59.8 Å². The van der Waals surface area contributed by atoms with Gasteiger partial charge in [-0.1, -0.05) is 20.3 Å². The molecule has 2 N–H and O–H groups in total. The van der Waals surface area contributed by atoms with Gasteiger partial charge in [0.05, 0.1) is 11.0 Å². The monoisotopic (exact) mass is 405 g/mol. The lowest BCUT2D eigenvalue weighted by molar-refractivity contribution is 0.0977. The number of rotatable bonds is 6. The van der Waals surface area contributed by atoms with E-state index in [1.165, 1.54) is 42.1 Å². The molecule has 2 fully saturated rings. The number of anilines is 1. The number of hydrogen-bond acceptors (Lipinski definition) is 4. The Labute approximate surface area is 167 Å². The lowest BCUT2D eigenvalue weighted by Crippen LogP contribution is -2.44. The van der Waals surface area contributed by atoms with Crippen molar-refractivity contribution < 1.29 is 8.42 Å². The molecule has 2 unspecified atom stereocenters. The van der Waals surface area contributed by atoms with Crippen LogP contribution in [0.4, 0.5) is 5.82 Å². The first-order valence-corrected chi connectivity index (χ1v) is 12.0. The summed E-state index contributed by atoms with van der Waals surface area (Å²) in [5.41, 5.74) is 3.09. The van der Waals surface area contributed by atoms with Crippen LogP contribution in [-0.2, 0) is 10.2 Å². The maximum atomic E-state index is 12.5. The summed E-state index contributed by atoms with van der Waals surface area (Å²) < 4.78 is 29.1. The molecule has 2 aliphatic rings. The zero-order valence-electron chi connectivity index (χ0n) is 16.8. The third kappa shape index (κ3) is 3.77. The molecule has 28 heavy (non-hydrogen) atoms. The molecule has 2 saturated heterocycles. The van der Waals surface area contributed by atoms with Crippen LogP contribution in [0.1, 0.15) is 57.4 Å². The second kappa shape index (κ2) is 8.00. The largest absolute Gasteiger partial charge is 0.360 e. The summed E-state index contributed by atoms with van der Waals surface area (Å²) in [4.78, 5) is 10.7. The van der Waals surface area contributed by atoms with Crippen molar-refractivity contribution in [2.75, 3.05) is 30.9 Å². The molecular formula is C20H31N5O2S. The highest BCUT2D eigenvalue weighted by atomic mass is 32.2. The van der Waals surface area contributed by atoms with E-state index in [9.17, 15) is 8.42 Å². The minimum atomic E-state index is -3.58. The highest BCUT2D eigenvalue weighted by Gasteiger charge is 2.32. The molecule has 4 rings (SSSR count). The van der Waals surface area contributed by atoms with E-state index in [0.717, 1.165) is 24.0 Å². The predicted octanol–water partition coefficient (Wildman–Crippen LogP) is 3.29. The fourth-order valence-corrected chi connectivity index (χ4v) is 6.01. The van der Waals surface area contributed by atoms with Crippen LogP contribution in [0.15, 0.2) is 18.3 Å². The van der Waals surface area contributed by atoms with E-state index < -0.39 is 10.2 Å². The Hall–Kier alpha value is -1.64. The summed E-state index contributed by atoms with van der Waals surface area (Å²) in [6, 6.07) is 4.33. The third-order valence-corrected chi connectivity index (χ3v) is 8.00. The minimum Gasteiger partial charge on any atom is -0.360 e. The van der Waals surface area contributed by atoms with Gasteiger partial charge in [0.15, 0.2) is 0 Å². The smallest absolute Gasteiger partial charge is 0.302 e. The van der Waals surface area contributed by atoms with Gasteiger partial charge in [-0.05, 0) is 62.4 Å². The minimum absolute atomic E-state index is 0.385. The lowest BCUT2D eigenvalue weighted by Gasteiger charge is -2.42. The van der Waals surface area contributed by atoms with Crippen LogP contribution in [0.2, 0.25) is 0 Å². The number of hydrogen-bond donors (Lipinski definition) is 2. The number of nitrogens with zero attached hydrogens (tertiary/aromatic N) is 3. The summed E-state index contributed by atoms with van der Waals surface area (Å²) >= 11 is 0. The summed E-state index contributed by atoms with van der Waals surface area (Å²) in [6.07, 6.45) is 8.33. The average Bonchev–Trinajstić information content (AvgIpc) is 3.11. The van der Waals surface area contributed by atoms with Crippen molar-refractivity contribution in [2.45, 2.75) is 57.9 Å². The van der Waals surface area contributed by atoms with Crippen molar-refractivity contribution in [3.63, 3.8) is 0 Å². The zero-order chi connectivity index (χ0) is 19.7. The van der Waals surface area contributed by atoms with Crippen molar-refractivity contribution in [1.29, 1.82) is 0 Å². The van der Waals surface area contributed by atoms with Gasteiger partial charge < -0.3 is 9.88 Å². The van der Waals surface area contributed by atoms with E-state index >= 15 is 0 Å². The molecule has 2 aromatic rings. The van der Waals surface area contributed by atoms with E-state index in [2.05, 4.69) is 25.8 Å². The molecule has 2 aliphatic heterocycles. The summed E-state index contributed by atoms with van der Waals surface area (Å²) in [6.45, 7) is 6.92. The Bertz CT molecular complexity index is 922. The van der Waals surface area contributed by atoms with Crippen molar-refractivity contribution in [2.24, 2.45) is 0 Å². The van der Waals surface area contributed by atoms with Crippen molar-refractivity contribution >= 4 is 27.1 Å². The molecule has 0 saturated carbocycles. The number of aromatic nitrogens is 2. The van der Waals surface area contributed by atoms with Gasteiger partial charge in [-0.2, -0.15) is 12.7 Å². The molecule has 0 bridgehead atoms. The molecular weight excluding hydrogens is 374 g/mol. The molecule has 0 aliphatic carbocycles. The second-order valence-corrected chi connectivity index (χ2v) is 9.61. The van der Waals surface area contributed by atoms with Gasteiger partial charge >= 0.3 is 10.2 Å². The first-order valence-electron chi connectivity index (χ1n) is 10.5. The van der Waals surface area contributed by atoms with E-state index in [4.69, 9.17) is 0 Å². The van der Waals surface area contributed by atoms with E-state index in [0.29, 0.717) is 30.9 Å². The molecule has 2 atom stereocenters. The predicted molar refractivity (Wildman–Crippen MR) is 113 cm³/mol. The second-order valence-electron chi connectivity index (χ2n) is 7.93. The van der Waals surface area contributed by atoms with Gasteiger partial charge in [0.1, 0.15) is 5.82 Å². The van der Waals surface area contributed by atoms with Crippen LogP contribution < -0.4 is 4.72 Å². The molecule has 0 aromatic carbocycles. The van der Waals surface area contributed by atoms with Crippen LogP contribution in [0.5, 0.6) is 0 Å². The number of piperidine rings is 2. The summed E-state index contributed by atoms with van der Waals surface area (Å²) in [5, 5.41) is 0. The van der Waals surface area contributed by atoms with Gasteiger partial charge in [-0.3, -0.25) is 4.72 Å². The molecule has 2 aromatic heterocycles. The number of fused-ring (bicyclic) bond motifs is 2. The average molecular weight is 406 g/mol. The first kappa shape index (κ1) is 19.7. The molecule has 154 valence electrons.